The molecule has 1 aliphatic rings. The molecule has 0 radical (unpaired) electrons. The third-order valence-electron chi connectivity index (χ3n) is 6.92. The molecule has 0 bridgehead atoms. The van der Waals surface area contributed by atoms with Gasteiger partial charge in [0.15, 0.2) is 0 Å². The maximum Gasteiger partial charge on any atom is 0.336 e. The smallest absolute Gasteiger partial charge is 0.336 e. The van der Waals surface area contributed by atoms with Gasteiger partial charge in [-0.05, 0) is 48.4 Å². The Hall–Kier alpha value is -3.64. The lowest BCUT2D eigenvalue weighted by atomic mass is 9.92. The van der Waals surface area contributed by atoms with E-state index in [1.165, 1.54) is 4.57 Å². The van der Waals surface area contributed by atoms with E-state index in [1.54, 1.807) is 4.57 Å². The second kappa shape index (κ2) is 8.86. The Balaban J connectivity index is 1.81. The number of imidazole rings is 1. The molecule has 0 saturated carbocycles. The highest BCUT2D eigenvalue weighted by atomic mass is 16.3. The first kappa shape index (κ1) is 23.1. The highest BCUT2D eigenvalue weighted by molar-refractivity contribution is 5.79. The van der Waals surface area contributed by atoms with Crippen LogP contribution in [0.5, 0.6) is 5.88 Å². The highest BCUT2D eigenvalue weighted by Gasteiger charge is 2.29. The molecule has 2 aromatic carbocycles. The molecule has 0 unspecified atom stereocenters. The van der Waals surface area contributed by atoms with Gasteiger partial charge in [-0.2, -0.15) is 0 Å². The van der Waals surface area contributed by atoms with Gasteiger partial charge in [-0.3, -0.25) is 9.55 Å². The number of benzene rings is 2. The van der Waals surface area contributed by atoms with Crippen LogP contribution in [0.15, 0.2) is 53.3 Å². The van der Waals surface area contributed by atoms with Crippen molar-refractivity contribution < 1.29 is 5.11 Å². The van der Waals surface area contributed by atoms with Gasteiger partial charge in [0.05, 0.1) is 23.6 Å². The van der Waals surface area contributed by atoms with Crippen molar-refractivity contribution in [2.24, 2.45) is 11.7 Å². The van der Waals surface area contributed by atoms with Crippen molar-refractivity contribution in [2.75, 3.05) is 0 Å². The molecule has 180 valence electrons. The minimum atomic E-state index is -0.259. The van der Waals surface area contributed by atoms with Crippen LogP contribution in [0.3, 0.4) is 0 Å². The Morgan fingerprint density at radius 3 is 2.40 bits per heavy atom. The summed E-state index contributed by atoms with van der Waals surface area (Å²) < 4.78 is 3.12. The van der Waals surface area contributed by atoms with Crippen LogP contribution in [-0.4, -0.2) is 19.2 Å². The Morgan fingerprint density at radius 2 is 1.74 bits per heavy atom. The fraction of sp³-hybridized carbons (Fsp3) is 0.310. The Morgan fingerprint density at radius 1 is 1.06 bits per heavy atom. The molecule has 0 atom stereocenters. The van der Waals surface area contributed by atoms with E-state index in [4.69, 9.17) is 10.7 Å². The van der Waals surface area contributed by atoms with Crippen LogP contribution in [-0.2, 0) is 25.9 Å². The summed E-state index contributed by atoms with van der Waals surface area (Å²) in [7, 11) is 0. The number of rotatable bonds is 5. The largest absolute Gasteiger partial charge is 0.493 e. The lowest BCUT2D eigenvalue weighted by Crippen LogP contribution is -2.28. The number of nitrogens with zero attached hydrogens (tertiary/aromatic N) is 3. The molecule has 3 N–H and O–H groups in total. The third-order valence-corrected chi connectivity index (χ3v) is 6.92. The van der Waals surface area contributed by atoms with E-state index in [9.17, 15) is 9.90 Å². The van der Waals surface area contributed by atoms with Gasteiger partial charge in [0, 0.05) is 24.2 Å². The van der Waals surface area contributed by atoms with Gasteiger partial charge in [-0.15, -0.1) is 0 Å². The molecular weight excluding hydrogens is 436 g/mol. The van der Waals surface area contributed by atoms with Gasteiger partial charge < -0.3 is 10.8 Å². The lowest BCUT2D eigenvalue weighted by Gasteiger charge is -2.21. The van der Waals surface area contributed by atoms with E-state index in [2.05, 4.69) is 44.2 Å². The topological polar surface area (TPSA) is 86.1 Å². The zero-order valence-corrected chi connectivity index (χ0v) is 20.8. The molecule has 2 aromatic heterocycles. The molecule has 35 heavy (non-hydrogen) atoms. The second-order valence-corrected chi connectivity index (χ2v) is 9.93. The summed E-state index contributed by atoms with van der Waals surface area (Å²) in [5.74, 6) is 0.377. The van der Waals surface area contributed by atoms with Crippen molar-refractivity contribution in [1.29, 1.82) is 0 Å². The quantitative estimate of drug-likeness (QED) is 0.394. The van der Waals surface area contributed by atoms with E-state index in [0.717, 1.165) is 45.5 Å². The van der Waals surface area contributed by atoms with E-state index in [-0.39, 0.29) is 11.6 Å². The predicted molar refractivity (Wildman–Crippen MR) is 139 cm³/mol. The lowest BCUT2D eigenvalue weighted by molar-refractivity contribution is 0.433. The van der Waals surface area contributed by atoms with Crippen molar-refractivity contribution in [2.45, 2.75) is 53.6 Å². The summed E-state index contributed by atoms with van der Waals surface area (Å²) in [6.07, 6.45) is 1.29. The summed E-state index contributed by atoms with van der Waals surface area (Å²) in [4.78, 5) is 18.7. The van der Waals surface area contributed by atoms with Gasteiger partial charge in [-0.1, -0.05) is 67.9 Å². The molecule has 0 amide bonds. The Labute approximate surface area is 205 Å². The second-order valence-electron chi connectivity index (χ2n) is 9.93. The normalized spacial score (nSPS) is 12.6. The first-order chi connectivity index (χ1) is 16.8. The van der Waals surface area contributed by atoms with Gasteiger partial charge >= 0.3 is 5.69 Å². The maximum atomic E-state index is 13.8. The summed E-state index contributed by atoms with van der Waals surface area (Å²) >= 11 is 0. The van der Waals surface area contributed by atoms with Crippen molar-refractivity contribution in [3.63, 3.8) is 0 Å². The molecule has 0 saturated heterocycles. The number of nitrogens with two attached hydrogens (primary N) is 1. The molecule has 6 nitrogen and oxygen atoms in total. The van der Waals surface area contributed by atoms with Crippen LogP contribution in [0.1, 0.15) is 53.2 Å². The van der Waals surface area contributed by atoms with Gasteiger partial charge in [-0.25, -0.2) is 9.36 Å². The SMILES string of the molecule is Cc1ccc(-c2c(CN)c(CC(C)C)nc(C)c2-n2c(O)c3n(c2=O)Cc2ccccc2C3)cc1. The van der Waals surface area contributed by atoms with E-state index < -0.39 is 0 Å². The highest BCUT2D eigenvalue weighted by Crippen LogP contribution is 2.38. The fourth-order valence-electron chi connectivity index (χ4n) is 5.22. The number of hydrogen-bond donors (Lipinski definition) is 2. The number of aryl methyl sites for hydroxylation is 2. The maximum absolute atomic E-state index is 13.8. The first-order valence-electron chi connectivity index (χ1n) is 12.2. The predicted octanol–water partition coefficient (Wildman–Crippen LogP) is 4.63. The number of hydrogen-bond acceptors (Lipinski definition) is 4. The van der Waals surface area contributed by atoms with Crippen LogP contribution in [0.4, 0.5) is 0 Å². The molecule has 4 aromatic rings. The minimum absolute atomic E-state index is 0.0256. The van der Waals surface area contributed by atoms with Crippen molar-refractivity contribution in [3.05, 3.63) is 98.4 Å². The Kier molecular flexibility index (Phi) is 5.85. The van der Waals surface area contributed by atoms with E-state index >= 15 is 0 Å². The standard InChI is InChI=1S/C29H32N4O2/c1-17(2)13-24-23(15-30)26(20-11-9-18(3)10-12-20)27(19(4)31-24)33-28(34)25-14-21-7-5-6-8-22(21)16-32(25)29(33)35/h5-12,17,34H,13-16,30H2,1-4H3. The van der Waals surface area contributed by atoms with Crippen LogP contribution in [0, 0.1) is 19.8 Å². The van der Waals surface area contributed by atoms with E-state index in [1.807, 2.05) is 32.0 Å². The molecule has 3 heterocycles. The summed E-state index contributed by atoms with van der Waals surface area (Å²) in [6.45, 7) is 9.01. The van der Waals surface area contributed by atoms with E-state index in [0.29, 0.717) is 42.5 Å². The average molecular weight is 469 g/mol. The molecular formula is C29H32N4O2. The monoisotopic (exact) mass is 468 g/mol. The molecule has 0 aliphatic carbocycles. The van der Waals surface area contributed by atoms with Crippen molar-refractivity contribution >= 4 is 0 Å². The van der Waals surface area contributed by atoms with Crippen LogP contribution in [0.2, 0.25) is 0 Å². The minimum Gasteiger partial charge on any atom is -0.493 e. The van der Waals surface area contributed by atoms with Crippen LogP contribution >= 0.6 is 0 Å². The fourth-order valence-corrected chi connectivity index (χ4v) is 5.22. The van der Waals surface area contributed by atoms with Crippen molar-refractivity contribution in [1.82, 2.24) is 14.1 Å². The summed E-state index contributed by atoms with van der Waals surface area (Å²) in [6, 6.07) is 16.3. The first-order valence-corrected chi connectivity index (χ1v) is 12.2. The van der Waals surface area contributed by atoms with Gasteiger partial charge in [0.25, 0.3) is 0 Å². The molecule has 0 fully saturated rings. The molecule has 1 aliphatic heterocycles. The zero-order valence-electron chi connectivity index (χ0n) is 20.8. The number of pyridine rings is 1. The van der Waals surface area contributed by atoms with Crippen LogP contribution < -0.4 is 11.4 Å². The molecule has 6 heteroatoms. The van der Waals surface area contributed by atoms with Gasteiger partial charge in [0.1, 0.15) is 0 Å². The third kappa shape index (κ3) is 3.88. The summed E-state index contributed by atoms with van der Waals surface area (Å²) in [5.41, 5.74) is 15.1. The van der Waals surface area contributed by atoms with Gasteiger partial charge in [0.2, 0.25) is 5.88 Å². The van der Waals surface area contributed by atoms with Crippen LogP contribution in [0.25, 0.3) is 16.8 Å². The molecule has 5 rings (SSSR count). The summed E-state index contributed by atoms with van der Waals surface area (Å²) in [5, 5.41) is 11.4. The Bertz CT molecular complexity index is 1480. The number of fused-ring (bicyclic) bond motifs is 2. The zero-order chi connectivity index (χ0) is 24.9. The molecule has 0 spiro atoms. The van der Waals surface area contributed by atoms with Crippen molar-refractivity contribution in [3.8, 4) is 22.7 Å². The number of aromatic hydroxyl groups is 1. The number of aromatic nitrogens is 3. The average Bonchev–Trinajstić information content (AvgIpc) is 3.07.